The number of aromatic nitrogens is 5. The van der Waals surface area contributed by atoms with Gasteiger partial charge in [0, 0.05) is 49.5 Å². The van der Waals surface area contributed by atoms with E-state index >= 15 is 0 Å². The molecule has 1 aliphatic heterocycles. The van der Waals surface area contributed by atoms with Gasteiger partial charge in [0.2, 0.25) is 5.95 Å². The SMILES string of the molecule is Fc1ccc(Nc2cc(-c3nc(N4CCNCC4)c4c(C5CC5)cncc4n3)ccn2)cn1. The Kier molecular flexibility index (Phi) is 5.03. The summed E-state index contributed by atoms with van der Waals surface area (Å²) in [6, 6.07) is 6.72. The molecule has 8 nitrogen and oxygen atoms in total. The Balaban J connectivity index is 1.43. The minimum Gasteiger partial charge on any atom is -0.353 e. The van der Waals surface area contributed by atoms with E-state index in [4.69, 9.17) is 9.97 Å². The van der Waals surface area contributed by atoms with Gasteiger partial charge in [-0.05, 0) is 48.6 Å². The Morgan fingerprint density at radius 2 is 1.88 bits per heavy atom. The summed E-state index contributed by atoms with van der Waals surface area (Å²) in [6.45, 7) is 3.66. The van der Waals surface area contributed by atoms with Crippen molar-refractivity contribution in [2.45, 2.75) is 18.8 Å². The first kappa shape index (κ1) is 19.9. The van der Waals surface area contributed by atoms with Crippen LogP contribution in [-0.4, -0.2) is 51.1 Å². The Labute approximate surface area is 190 Å². The molecular weight excluding hydrogens is 419 g/mol. The summed E-state index contributed by atoms with van der Waals surface area (Å²) in [5.41, 5.74) is 3.62. The van der Waals surface area contributed by atoms with Crippen LogP contribution in [0.3, 0.4) is 0 Å². The van der Waals surface area contributed by atoms with Crippen LogP contribution in [0.15, 0.2) is 49.1 Å². The molecule has 0 atom stereocenters. The van der Waals surface area contributed by atoms with Crippen molar-refractivity contribution in [3.8, 4) is 11.4 Å². The molecule has 2 N–H and O–H groups in total. The average Bonchev–Trinajstić information content (AvgIpc) is 3.71. The number of hydrogen-bond acceptors (Lipinski definition) is 8. The zero-order valence-corrected chi connectivity index (χ0v) is 18.0. The lowest BCUT2D eigenvalue weighted by molar-refractivity contribution is 0.584. The summed E-state index contributed by atoms with van der Waals surface area (Å²) in [6.07, 6.45) is 9.36. The number of piperazine rings is 1. The summed E-state index contributed by atoms with van der Waals surface area (Å²) < 4.78 is 13.1. The van der Waals surface area contributed by atoms with Crippen molar-refractivity contribution < 1.29 is 4.39 Å². The quantitative estimate of drug-likeness (QED) is 0.453. The zero-order valence-electron chi connectivity index (χ0n) is 18.0. The van der Waals surface area contributed by atoms with Gasteiger partial charge in [0.25, 0.3) is 0 Å². The summed E-state index contributed by atoms with van der Waals surface area (Å²) in [4.78, 5) is 24.9. The first-order valence-electron chi connectivity index (χ1n) is 11.2. The van der Waals surface area contributed by atoms with Gasteiger partial charge in [-0.25, -0.2) is 19.9 Å². The van der Waals surface area contributed by atoms with E-state index in [1.807, 2.05) is 24.5 Å². The third kappa shape index (κ3) is 4.07. The molecule has 4 aromatic rings. The van der Waals surface area contributed by atoms with Gasteiger partial charge in [-0.1, -0.05) is 0 Å². The molecule has 1 aliphatic carbocycles. The molecule has 33 heavy (non-hydrogen) atoms. The molecule has 1 saturated carbocycles. The van der Waals surface area contributed by atoms with E-state index in [-0.39, 0.29) is 0 Å². The van der Waals surface area contributed by atoms with Crippen LogP contribution < -0.4 is 15.5 Å². The fraction of sp³-hybridized carbons (Fsp3) is 0.292. The molecule has 0 aromatic carbocycles. The topological polar surface area (TPSA) is 91.8 Å². The maximum Gasteiger partial charge on any atom is 0.212 e. The first-order valence-corrected chi connectivity index (χ1v) is 11.2. The van der Waals surface area contributed by atoms with Gasteiger partial charge in [-0.2, -0.15) is 4.39 Å². The van der Waals surface area contributed by atoms with Crippen LogP contribution in [0.4, 0.5) is 21.7 Å². The second-order valence-electron chi connectivity index (χ2n) is 8.43. The average molecular weight is 443 g/mol. The summed E-state index contributed by atoms with van der Waals surface area (Å²) in [5, 5.41) is 7.71. The lowest BCUT2D eigenvalue weighted by Gasteiger charge is -2.30. The highest BCUT2D eigenvalue weighted by Gasteiger charge is 2.29. The standard InChI is InChI=1S/C24H23FN8/c25-20-4-3-17(12-29-20)30-21-11-16(5-6-28-21)23-31-19-14-27-13-18(15-1-2-15)22(19)24(32-23)33-9-7-26-8-10-33/h3-6,11-15,26H,1-2,7-10H2,(H,28,30). The van der Waals surface area contributed by atoms with Gasteiger partial charge < -0.3 is 15.5 Å². The van der Waals surface area contributed by atoms with Gasteiger partial charge in [0.05, 0.1) is 23.6 Å². The number of anilines is 3. The van der Waals surface area contributed by atoms with Crippen molar-refractivity contribution in [1.29, 1.82) is 0 Å². The van der Waals surface area contributed by atoms with Crippen molar-refractivity contribution in [1.82, 2.24) is 30.2 Å². The molecule has 2 aliphatic rings. The van der Waals surface area contributed by atoms with E-state index in [1.165, 1.54) is 30.7 Å². The minimum atomic E-state index is -0.522. The lowest BCUT2D eigenvalue weighted by Crippen LogP contribution is -2.44. The van der Waals surface area contributed by atoms with Gasteiger partial charge in [-0.15, -0.1) is 0 Å². The molecule has 2 fully saturated rings. The van der Waals surface area contributed by atoms with Crippen LogP contribution in [0.5, 0.6) is 0 Å². The van der Waals surface area contributed by atoms with Crippen molar-refractivity contribution in [2.24, 2.45) is 0 Å². The number of rotatable bonds is 5. The predicted octanol–water partition coefficient (Wildman–Crippen LogP) is 3.65. The van der Waals surface area contributed by atoms with Crippen molar-refractivity contribution >= 4 is 28.2 Å². The minimum absolute atomic E-state index is 0.522. The monoisotopic (exact) mass is 442 g/mol. The van der Waals surface area contributed by atoms with Crippen LogP contribution in [-0.2, 0) is 0 Å². The van der Waals surface area contributed by atoms with Crippen LogP contribution >= 0.6 is 0 Å². The zero-order chi connectivity index (χ0) is 22.2. The molecule has 0 bridgehead atoms. The van der Waals surface area contributed by atoms with Crippen LogP contribution in [0.1, 0.15) is 24.3 Å². The van der Waals surface area contributed by atoms with Gasteiger partial charge >= 0.3 is 0 Å². The highest BCUT2D eigenvalue weighted by atomic mass is 19.1. The van der Waals surface area contributed by atoms with E-state index < -0.39 is 5.95 Å². The normalized spacial score (nSPS) is 16.2. The second-order valence-corrected chi connectivity index (χ2v) is 8.43. The summed E-state index contributed by atoms with van der Waals surface area (Å²) in [7, 11) is 0. The van der Waals surface area contributed by atoms with Gasteiger partial charge in [0.1, 0.15) is 11.6 Å². The highest BCUT2D eigenvalue weighted by molar-refractivity contribution is 5.94. The molecule has 1 saturated heterocycles. The molecule has 0 radical (unpaired) electrons. The Morgan fingerprint density at radius 3 is 2.67 bits per heavy atom. The number of pyridine rings is 3. The molecule has 166 valence electrons. The molecule has 0 amide bonds. The van der Waals surface area contributed by atoms with E-state index in [2.05, 4.69) is 30.5 Å². The van der Waals surface area contributed by atoms with Crippen LogP contribution in [0.2, 0.25) is 0 Å². The number of fused-ring (bicyclic) bond motifs is 1. The molecule has 0 unspecified atom stereocenters. The van der Waals surface area contributed by atoms with Gasteiger partial charge in [0.15, 0.2) is 5.82 Å². The summed E-state index contributed by atoms with van der Waals surface area (Å²) >= 11 is 0. The maximum absolute atomic E-state index is 13.1. The van der Waals surface area contributed by atoms with Crippen LogP contribution in [0.25, 0.3) is 22.3 Å². The molecule has 0 spiro atoms. The summed E-state index contributed by atoms with van der Waals surface area (Å²) in [5.74, 6) is 2.26. The lowest BCUT2D eigenvalue weighted by atomic mass is 10.1. The van der Waals surface area contributed by atoms with Gasteiger partial charge in [-0.3, -0.25) is 4.98 Å². The molecular formula is C24H23FN8. The van der Waals surface area contributed by atoms with Crippen molar-refractivity contribution in [3.63, 3.8) is 0 Å². The Morgan fingerprint density at radius 1 is 1.00 bits per heavy atom. The number of nitrogens with zero attached hydrogens (tertiary/aromatic N) is 6. The van der Waals surface area contributed by atoms with E-state index in [0.717, 1.165) is 48.5 Å². The third-order valence-electron chi connectivity index (χ3n) is 6.07. The van der Waals surface area contributed by atoms with Crippen molar-refractivity contribution in [3.05, 3.63) is 60.6 Å². The smallest absolute Gasteiger partial charge is 0.212 e. The van der Waals surface area contributed by atoms with E-state index in [0.29, 0.717) is 23.2 Å². The van der Waals surface area contributed by atoms with Crippen molar-refractivity contribution in [2.75, 3.05) is 36.4 Å². The Bertz CT molecular complexity index is 1300. The fourth-order valence-electron chi connectivity index (χ4n) is 4.26. The largest absolute Gasteiger partial charge is 0.353 e. The maximum atomic E-state index is 13.1. The van der Waals surface area contributed by atoms with E-state index in [1.54, 1.807) is 12.3 Å². The molecule has 5 heterocycles. The van der Waals surface area contributed by atoms with E-state index in [9.17, 15) is 4.39 Å². The fourth-order valence-corrected chi connectivity index (χ4v) is 4.26. The second kappa shape index (κ2) is 8.32. The molecule has 9 heteroatoms. The van der Waals surface area contributed by atoms with Crippen LogP contribution in [0, 0.1) is 5.95 Å². The third-order valence-corrected chi connectivity index (χ3v) is 6.07. The number of halogens is 1. The number of hydrogen-bond donors (Lipinski definition) is 2. The number of nitrogens with one attached hydrogen (secondary N) is 2. The first-order chi connectivity index (χ1) is 16.2. The molecule has 4 aromatic heterocycles. The Hall–Kier alpha value is -3.72. The highest BCUT2D eigenvalue weighted by Crippen LogP contribution is 2.44. The predicted molar refractivity (Wildman–Crippen MR) is 125 cm³/mol. The molecule has 6 rings (SSSR count).